The van der Waals surface area contributed by atoms with E-state index in [2.05, 4.69) is 155 Å². The minimum atomic E-state index is 0.671. The van der Waals surface area contributed by atoms with Crippen molar-refractivity contribution in [2.75, 3.05) is 0 Å². The first-order valence-electron chi connectivity index (χ1n) is 17.4. The second kappa shape index (κ2) is 10.4. The molecule has 0 aliphatic rings. The molecule has 0 N–H and O–H groups in total. The maximum absolute atomic E-state index is 6.80. The van der Waals surface area contributed by atoms with E-state index in [0.29, 0.717) is 5.95 Å². The summed E-state index contributed by atoms with van der Waals surface area (Å²) in [5.74, 6) is 0.671. The van der Waals surface area contributed by atoms with Gasteiger partial charge in [-0.25, -0.2) is 9.97 Å². The number of rotatable bonds is 3. The average molecular weight is 683 g/mol. The highest BCUT2D eigenvalue weighted by Gasteiger charge is 2.23. The summed E-state index contributed by atoms with van der Waals surface area (Å²) in [4.78, 5) is 10.2. The van der Waals surface area contributed by atoms with Crippen molar-refractivity contribution in [3.05, 3.63) is 158 Å². The number of para-hydroxylation sites is 5. The molecule has 0 saturated carbocycles. The number of hydrogen-bond donors (Lipinski definition) is 0. The molecule has 0 radical (unpaired) electrons. The number of benzene rings is 7. The van der Waals surface area contributed by atoms with Crippen molar-refractivity contribution < 1.29 is 4.42 Å². The number of thiophene rings is 1. The molecule has 0 unspecified atom stereocenters. The fourth-order valence-corrected chi connectivity index (χ4v) is 9.35. The normalized spacial score (nSPS) is 12.2. The SMILES string of the molecule is c1ccc2c(c1)oc1c(-n3c4ccccc4c4ccccc43)c(-c3ccc4sc5cnc(-n6c7ccccc7c7ccccc76)nc5c4c3)ccc12. The molecule has 0 bridgehead atoms. The van der Waals surface area contributed by atoms with Gasteiger partial charge in [-0.2, -0.15) is 0 Å². The molecule has 5 heterocycles. The number of furan rings is 1. The van der Waals surface area contributed by atoms with E-state index in [9.17, 15) is 0 Å². The Kier molecular flexibility index (Phi) is 5.59. The zero-order valence-corrected chi connectivity index (χ0v) is 28.4. The lowest BCUT2D eigenvalue weighted by molar-refractivity contribution is 0.666. The highest BCUT2D eigenvalue weighted by Crippen LogP contribution is 2.44. The number of fused-ring (bicyclic) bond motifs is 12. The van der Waals surface area contributed by atoms with Crippen molar-refractivity contribution in [2.24, 2.45) is 0 Å². The lowest BCUT2D eigenvalue weighted by atomic mass is 9.99. The Bertz CT molecular complexity index is 3330. The van der Waals surface area contributed by atoms with E-state index in [-0.39, 0.29) is 0 Å². The van der Waals surface area contributed by atoms with Gasteiger partial charge >= 0.3 is 0 Å². The molecule has 7 aromatic carbocycles. The van der Waals surface area contributed by atoms with E-state index in [0.717, 1.165) is 76.4 Å². The van der Waals surface area contributed by atoms with Crippen LogP contribution in [0.5, 0.6) is 0 Å². The van der Waals surface area contributed by atoms with Crippen LogP contribution < -0.4 is 0 Å². The fraction of sp³-hybridized carbons (Fsp3) is 0. The zero-order chi connectivity index (χ0) is 33.9. The standard InChI is InChI=1S/C46H26N4OS/c1-6-16-36-29(11-1)30-12-2-7-17-37(30)49(36)44-28(22-23-34-33-15-5-10-20-40(33)51-45(34)44)27-21-24-41-35(25-27)43-42(52-41)26-47-46(48-43)50-38-18-8-3-13-31(38)32-14-4-9-19-39(32)50/h1-26H. The molecule has 12 aromatic rings. The molecule has 0 atom stereocenters. The maximum Gasteiger partial charge on any atom is 0.235 e. The van der Waals surface area contributed by atoms with Gasteiger partial charge in [0, 0.05) is 48.0 Å². The van der Waals surface area contributed by atoms with Crippen LogP contribution >= 0.6 is 11.3 Å². The van der Waals surface area contributed by atoms with Crippen molar-refractivity contribution in [3.63, 3.8) is 0 Å². The van der Waals surface area contributed by atoms with Crippen LogP contribution in [0.2, 0.25) is 0 Å². The highest BCUT2D eigenvalue weighted by atomic mass is 32.1. The Hall–Kier alpha value is -6.76. The van der Waals surface area contributed by atoms with Crippen molar-refractivity contribution in [1.82, 2.24) is 19.1 Å². The van der Waals surface area contributed by atoms with Crippen LogP contribution in [0.4, 0.5) is 0 Å². The largest absolute Gasteiger partial charge is 0.454 e. The van der Waals surface area contributed by atoms with Crippen LogP contribution in [0.25, 0.3) is 109 Å². The van der Waals surface area contributed by atoms with Crippen LogP contribution in [-0.4, -0.2) is 19.1 Å². The van der Waals surface area contributed by atoms with Gasteiger partial charge in [-0.3, -0.25) is 4.57 Å². The third-order valence-electron chi connectivity index (χ3n) is 10.6. The first-order chi connectivity index (χ1) is 25.8. The molecule has 0 saturated heterocycles. The maximum atomic E-state index is 6.80. The molecule has 6 heteroatoms. The molecule has 12 rings (SSSR count). The summed E-state index contributed by atoms with van der Waals surface area (Å²) in [6, 6.07) is 53.9. The molecule has 0 spiro atoms. The Balaban J connectivity index is 1.15. The molecule has 242 valence electrons. The second-order valence-electron chi connectivity index (χ2n) is 13.4. The Morgan fingerprint density at radius 3 is 1.71 bits per heavy atom. The predicted molar refractivity (Wildman–Crippen MR) is 216 cm³/mol. The minimum absolute atomic E-state index is 0.671. The van der Waals surface area contributed by atoms with Crippen LogP contribution in [0.1, 0.15) is 0 Å². The first-order valence-corrected chi connectivity index (χ1v) is 18.2. The van der Waals surface area contributed by atoms with Crippen LogP contribution in [-0.2, 0) is 0 Å². The second-order valence-corrected chi connectivity index (χ2v) is 14.5. The lowest BCUT2D eigenvalue weighted by Crippen LogP contribution is -2.00. The summed E-state index contributed by atoms with van der Waals surface area (Å²) in [7, 11) is 0. The highest BCUT2D eigenvalue weighted by molar-refractivity contribution is 7.25. The van der Waals surface area contributed by atoms with Gasteiger partial charge in [0.1, 0.15) is 5.58 Å². The molecule has 0 fully saturated rings. The summed E-state index contributed by atoms with van der Waals surface area (Å²) < 4.78 is 13.6. The molecular weight excluding hydrogens is 657 g/mol. The van der Waals surface area contributed by atoms with E-state index in [1.807, 2.05) is 12.3 Å². The van der Waals surface area contributed by atoms with E-state index in [1.165, 1.54) is 26.2 Å². The molecule has 0 aliphatic carbocycles. The zero-order valence-electron chi connectivity index (χ0n) is 27.6. The Morgan fingerprint density at radius 2 is 1.06 bits per heavy atom. The quantitative estimate of drug-likeness (QED) is 0.186. The topological polar surface area (TPSA) is 48.8 Å². The van der Waals surface area contributed by atoms with Crippen LogP contribution in [0.3, 0.4) is 0 Å². The van der Waals surface area contributed by atoms with Gasteiger partial charge in [0.15, 0.2) is 5.58 Å². The molecule has 0 aliphatic heterocycles. The average Bonchev–Trinajstić information content (AvgIpc) is 3.95. The number of hydrogen-bond acceptors (Lipinski definition) is 4. The minimum Gasteiger partial charge on any atom is -0.454 e. The summed E-state index contributed by atoms with van der Waals surface area (Å²) in [5, 5.41) is 8.13. The Labute approximate surface area is 300 Å². The van der Waals surface area contributed by atoms with Gasteiger partial charge in [0.25, 0.3) is 0 Å². The summed E-state index contributed by atoms with van der Waals surface area (Å²) >= 11 is 1.73. The third kappa shape index (κ3) is 3.76. The summed E-state index contributed by atoms with van der Waals surface area (Å²) in [6.07, 6.45) is 1.98. The molecule has 0 amide bonds. The molecular formula is C46H26N4OS. The van der Waals surface area contributed by atoms with E-state index < -0.39 is 0 Å². The fourth-order valence-electron chi connectivity index (χ4n) is 8.36. The van der Waals surface area contributed by atoms with Crippen molar-refractivity contribution in [3.8, 4) is 22.8 Å². The van der Waals surface area contributed by atoms with Gasteiger partial charge in [-0.1, -0.05) is 103 Å². The Morgan fingerprint density at radius 1 is 0.481 bits per heavy atom. The first kappa shape index (κ1) is 28.0. The van der Waals surface area contributed by atoms with Gasteiger partial charge in [-0.15, -0.1) is 11.3 Å². The van der Waals surface area contributed by atoms with Crippen molar-refractivity contribution >= 4 is 97.2 Å². The summed E-state index contributed by atoms with van der Waals surface area (Å²) in [6.45, 7) is 0. The van der Waals surface area contributed by atoms with Gasteiger partial charge < -0.3 is 8.98 Å². The number of nitrogens with zero attached hydrogens (tertiary/aromatic N) is 4. The van der Waals surface area contributed by atoms with Crippen molar-refractivity contribution in [1.29, 1.82) is 0 Å². The van der Waals surface area contributed by atoms with Gasteiger partial charge in [0.05, 0.1) is 44.2 Å². The molecule has 52 heavy (non-hydrogen) atoms. The summed E-state index contributed by atoms with van der Waals surface area (Å²) in [5.41, 5.74) is 10.4. The van der Waals surface area contributed by atoms with Crippen molar-refractivity contribution in [2.45, 2.75) is 0 Å². The van der Waals surface area contributed by atoms with E-state index >= 15 is 0 Å². The third-order valence-corrected chi connectivity index (χ3v) is 11.7. The van der Waals surface area contributed by atoms with E-state index in [1.54, 1.807) is 11.3 Å². The van der Waals surface area contributed by atoms with Crippen LogP contribution in [0, 0.1) is 0 Å². The lowest BCUT2D eigenvalue weighted by Gasteiger charge is -2.15. The molecule has 5 aromatic heterocycles. The monoisotopic (exact) mass is 682 g/mol. The smallest absolute Gasteiger partial charge is 0.235 e. The number of aromatic nitrogens is 4. The van der Waals surface area contributed by atoms with Crippen LogP contribution in [0.15, 0.2) is 162 Å². The van der Waals surface area contributed by atoms with E-state index in [4.69, 9.17) is 14.4 Å². The predicted octanol–water partition coefficient (Wildman–Crippen LogP) is 12.6. The van der Waals surface area contributed by atoms with Gasteiger partial charge in [0.2, 0.25) is 5.95 Å². The molecule has 5 nitrogen and oxygen atoms in total. The van der Waals surface area contributed by atoms with Gasteiger partial charge in [-0.05, 0) is 54.1 Å².